The second kappa shape index (κ2) is 12.2. The molecule has 2 aromatic rings. The van der Waals surface area contributed by atoms with Crippen molar-refractivity contribution in [3.8, 4) is 5.88 Å². The van der Waals surface area contributed by atoms with Crippen LogP contribution in [0, 0.1) is 11.6 Å². The predicted octanol–water partition coefficient (Wildman–Crippen LogP) is 1.81. The molecule has 0 saturated carbocycles. The monoisotopic (exact) mass is 605 g/mol. The van der Waals surface area contributed by atoms with Crippen LogP contribution in [0.15, 0.2) is 16.6 Å². The average molecular weight is 606 g/mol. The lowest BCUT2D eigenvalue weighted by Gasteiger charge is -2.22. The van der Waals surface area contributed by atoms with Crippen molar-refractivity contribution < 1.29 is 42.9 Å². The fourth-order valence-corrected chi connectivity index (χ4v) is 4.74. The number of carbonyl (C=O) groups excluding carboxylic acids is 3. The van der Waals surface area contributed by atoms with Crippen molar-refractivity contribution in [1.29, 1.82) is 0 Å². The van der Waals surface area contributed by atoms with Gasteiger partial charge in [0.05, 0.1) is 18.1 Å². The van der Waals surface area contributed by atoms with Crippen molar-refractivity contribution in [2.45, 2.75) is 38.0 Å². The average Bonchev–Trinajstić information content (AvgIpc) is 3.44. The van der Waals surface area contributed by atoms with Crippen LogP contribution < -0.4 is 21.1 Å². The first-order chi connectivity index (χ1) is 17.5. The van der Waals surface area contributed by atoms with E-state index in [0.29, 0.717) is 24.4 Å². The first-order valence-corrected chi connectivity index (χ1v) is 12.4. The molecule has 4 amide bonds. The fraction of sp³-hybridized carbons (Fsp3) is 0.381. The predicted molar refractivity (Wildman–Crippen MR) is 129 cm³/mol. The molecule has 1 aliphatic heterocycles. The Balaban J connectivity index is 1.56. The Hall–Kier alpha value is -3.37. The van der Waals surface area contributed by atoms with Gasteiger partial charge in [-0.05, 0) is 36.5 Å². The van der Waals surface area contributed by atoms with E-state index >= 15 is 0 Å². The SMILES string of the molecule is NC(=O)c1c(OCc2c(F)cc(Br)cc2F)nsc1NC(=O)NCC(O)CC(=O)N1CCCC1C(=O)O. The van der Waals surface area contributed by atoms with Crippen LogP contribution in [0.3, 0.4) is 0 Å². The largest absolute Gasteiger partial charge is 0.480 e. The highest BCUT2D eigenvalue weighted by Gasteiger charge is 2.34. The molecule has 1 aromatic heterocycles. The van der Waals surface area contributed by atoms with Gasteiger partial charge >= 0.3 is 12.0 Å². The Kier molecular flexibility index (Phi) is 9.34. The van der Waals surface area contributed by atoms with Gasteiger partial charge in [0.2, 0.25) is 11.8 Å². The van der Waals surface area contributed by atoms with Crippen LogP contribution in [0.1, 0.15) is 35.2 Å². The number of urea groups is 1. The van der Waals surface area contributed by atoms with E-state index in [1.165, 1.54) is 4.90 Å². The maximum absolute atomic E-state index is 14.0. The van der Waals surface area contributed by atoms with E-state index in [2.05, 4.69) is 30.9 Å². The van der Waals surface area contributed by atoms with E-state index < -0.39 is 66.2 Å². The van der Waals surface area contributed by atoms with Crippen LogP contribution >= 0.6 is 27.5 Å². The summed E-state index contributed by atoms with van der Waals surface area (Å²) in [5.74, 6) is -4.83. The Bertz CT molecular complexity index is 1190. The van der Waals surface area contributed by atoms with Gasteiger partial charge in [0.1, 0.15) is 34.8 Å². The van der Waals surface area contributed by atoms with Gasteiger partial charge in [0.15, 0.2) is 0 Å². The van der Waals surface area contributed by atoms with Gasteiger partial charge in [-0.3, -0.25) is 14.9 Å². The third-order valence-corrected chi connectivity index (χ3v) is 6.56. The number of aromatic nitrogens is 1. The summed E-state index contributed by atoms with van der Waals surface area (Å²) in [6.45, 7) is -0.705. The number of anilines is 1. The molecule has 0 bridgehead atoms. The topological polar surface area (TPSA) is 184 Å². The first-order valence-electron chi connectivity index (χ1n) is 10.8. The highest BCUT2D eigenvalue weighted by Crippen LogP contribution is 2.31. The molecule has 0 radical (unpaired) electrons. The second-order valence-corrected chi connectivity index (χ2v) is 9.66. The Morgan fingerprint density at radius 2 is 1.97 bits per heavy atom. The molecule has 1 saturated heterocycles. The number of nitrogens with zero attached hydrogens (tertiary/aromatic N) is 2. The number of aliphatic hydroxyl groups is 1. The molecule has 2 atom stereocenters. The molecule has 0 aliphatic carbocycles. The van der Waals surface area contributed by atoms with Crippen LogP contribution in [0.5, 0.6) is 5.88 Å². The number of aliphatic hydroxyl groups excluding tert-OH is 1. The lowest BCUT2D eigenvalue weighted by atomic mass is 10.2. The number of carboxylic acid groups (broad SMARTS) is 1. The summed E-state index contributed by atoms with van der Waals surface area (Å²) in [6.07, 6.45) is -0.846. The van der Waals surface area contributed by atoms with Crippen LogP contribution in [-0.2, 0) is 16.2 Å². The number of ether oxygens (including phenoxy) is 1. The smallest absolute Gasteiger partial charge is 0.326 e. The van der Waals surface area contributed by atoms with E-state index in [1.807, 2.05) is 0 Å². The molecule has 6 N–H and O–H groups in total. The van der Waals surface area contributed by atoms with Crippen LogP contribution in [0.25, 0.3) is 0 Å². The molecule has 3 rings (SSSR count). The number of hydrogen-bond acceptors (Lipinski definition) is 8. The third kappa shape index (κ3) is 7.11. The zero-order chi connectivity index (χ0) is 27.3. The highest BCUT2D eigenvalue weighted by atomic mass is 79.9. The summed E-state index contributed by atoms with van der Waals surface area (Å²) in [7, 11) is 0. The summed E-state index contributed by atoms with van der Waals surface area (Å²) in [4.78, 5) is 48.9. The van der Waals surface area contributed by atoms with Gasteiger partial charge in [-0.25, -0.2) is 18.4 Å². The molecular weight excluding hydrogens is 584 g/mol. The van der Waals surface area contributed by atoms with E-state index in [-0.39, 0.29) is 34.0 Å². The minimum Gasteiger partial charge on any atom is -0.480 e. The molecule has 1 fully saturated rings. The lowest BCUT2D eigenvalue weighted by Crippen LogP contribution is -2.43. The van der Waals surface area contributed by atoms with Crippen molar-refractivity contribution in [3.05, 3.63) is 39.4 Å². The molecule has 37 heavy (non-hydrogen) atoms. The number of rotatable bonds is 10. The number of nitrogens with two attached hydrogens (primary N) is 1. The standard InChI is InChI=1S/C21H22BrF2N5O7S/c22-9-4-12(23)11(13(24)5-9)8-36-18-16(17(25)32)19(37-28-18)27-21(35)26-7-10(30)6-15(31)29-3-1-2-14(29)20(33)34/h4-5,10,14,30H,1-3,6-8H2,(H2,25,32)(H,33,34)(H2,26,27,35). The molecule has 1 aromatic carbocycles. The van der Waals surface area contributed by atoms with E-state index in [0.717, 1.165) is 12.1 Å². The van der Waals surface area contributed by atoms with E-state index in [4.69, 9.17) is 15.6 Å². The molecule has 2 heterocycles. The Morgan fingerprint density at radius 3 is 2.59 bits per heavy atom. The number of nitrogens with one attached hydrogen (secondary N) is 2. The van der Waals surface area contributed by atoms with Crippen LogP contribution in [0.2, 0.25) is 0 Å². The van der Waals surface area contributed by atoms with Crippen molar-refractivity contribution in [2.75, 3.05) is 18.4 Å². The van der Waals surface area contributed by atoms with Gasteiger partial charge in [0, 0.05) is 17.6 Å². The van der Waals surface area contributed by atoms with Gasteiger partial charge in [-0.15, -0.1) is 0 Å². The fourth-order valence-electron chi connectivity index (χ4n) is 3.60. The molecular formula is C21H22BrF2N5O7S. The van der Waals surface area contributed by atoms with Gasteiger partial charge in [-0.1, -0.05) is 15.9 Å². The maximum Gasteiger partial charge on any atom is 0.326 e. The zero-order valence-electron chi connectivity index (χ0n) is 19.0. The number of benzene rings is 1. The van der Waals surface area contributed by atoms with Crippen molar-refractivity contribution in [1.82, 2.24) is 14.6 Å². The van der Waals surface area contributed by atoms with Crippen molar-refractivity contribution in [2.24, 2.45) is 5.73 Å². The summed E-state index contributed by atoms with van der Waals surface area (Å²) in [5.41, 5.74) is 4.61. The molecule has 0 spiro atoms. The third-order valence-electron chi connectivity index (χ3n) is 5.36. The maximum atomic E-state index is 14.0. The number of hydrogen-bond donors (Lipinski definition) is 5. The van der Waals surface area contributed by atoms with E-state index in [1.54, 1.807) is 0 Å². The molecule has 1 aliphatic rings. The first kappa shape index (κ1) is 28.2. The number of amides is 4. The number of likely N-dealkylation sites (tertiary alicyclic amines) is 1. The molecule has 2 unspecified atom stereocenters. The minimum atomic E-state index is -1.31. The van der Waals surface area contributed by atoms with Crippen LogP contribution in [0.4, 0.5) is 18.6 Å². The summed E-state index contributed by atoms with van der Waals surface area (Å²) in [6, 6.07) is 0.251. The quantitative estimate of drug-likeness (QED) is 0.271. The summed E-state index contributed by atoms with van der Waals surface area (Å²) < 4.78 is 37.4. The van der Waals surface area contributed by atoms with Crippen molar-refractivity contribution in [3.63, 3.8) is 0 Å². The highest BCUT2D eigenvalue weighted by molar-refractivity contribution is 9.10. The lowest BCUT2D eigenvalue weighted by molar-refractivity contribution is -0.149. The van der Waals surface area contributed by atoms with Gasteiger partial charge in [0.25, 0.3) is 5.91 Å². The Labute approximate surface area is 221 Å². The molecule has 12 nitrogen and oxygen atoms in total. The Morgan fingerprint density at radius 1 is 1.30 bits per heavy atom. The van der Waals surface area contributed by atoms with Crippen LogP contribution in [-0.4, -0.2) is 68.5 Å². The number of aliphatic carboxylic acids is 1. The summed E-state index contributed by atoms with van der Waals surface area (Å²) in [5, 5.41) is 23.8. The molecule has 16 heteroatoms. The zero-order valence-corrected chi connectivity index (χ0v) is 21.4. The van der Waals surface area contributed by atoms with E-state index in [9.17, 15) is 33.1 Å². The summed E-state index contributed by atoms with van der Waals surface area (Å²) >= 11 is 3.58. The number of carbonyl (C=O) groups is 4. The van der Waals surface area contributed by atoms with Crippen molar-refractivity contribution >= 4 is 56.3 Å². The van der Waals surface area contributed by atoms with Gasteiger partial charge < -0.3 is 30.9 Å². The number of halogens is 3. The molecule has 200 valence electrons. The minimum absolute atomic E-state index is 0.122. The number of primary amides is 1. The van der Waals surface area contributed by atoms with Gasteiger partial charge in [-0.2, -0.15) is 4.37 Å². The second-order valence-electron chi connectivity index (χ2n) is 7.97. The number of carboxylic acids is 1. The normalized spacial score (nSPS) is 15.8.